The number of hydrogen-bond donors (Lipinski definition) is 1. The lowest BCUT2D eigenvalue weighted by Gasteiger charge is -2.44. The highest BCUT2D eigenvalue weighted by Crippen LogP contribution is 2.44. The predicted octanol–water partition coefficient (Wildman–Crippen LogP) is 2.57. The summed E-state index contributed by atoms with van der Waals surface area (Å²) in [5, 5.41) is 2.14. The molecule has 1 N–H and O–H groups in total. The number of carbonyl (C=O) groups excluding carboxylic acids is 3. The van der Waals surface area contributed by atoms with Crippen LogP contribution in [0.15, 0.2) is 18.2 Å². The molecule has 3 aliphatic heterocycles. The second-order valence-corrected chi connectivity index (χ2v) is 8.89. The fraction of sp³-hybridized carbons (Fsp3) is 0.550. The number of benzene rings is 1. The highest BCUT2D eigenvalue weighted by atomic mass is 32.2. The van der Waals surface area contributed by atoms with Gasteiger partial charge < -0.3 is 14.8 Å². The summed E-state index contributed by atoms with van der Waals surface area (Å²) in [7, 11) is 1.45. The molecule has 8 heteroatoms. The van der Waals surface area contributed by atoms with Crippen LogP contribution in [0.25, 0.3) is 0 Å². The lowest BCUT2D eigenvalue weighted by atomic mass is 9.81. The molecular weight excluding hydrogens is 380 g/mol. The maximum atomic E-state index is 12.7. The number of fused-ring (bicyclic) bond motifs is 1. The number of aryl methyl sites for hydroxylation is 1. The maximum absolute atomic E-state index is 12.7. The topological polar surface area (TPSA) is 84.9 Å². The first-order valence-corrected chi connectivity index (χ1v) is 10.4. The molecule has 0 aliphatic carbocycles. The summed E-state index contributed by atoms with van der Waals surface area (Å²) in [6.07, 6.45) is 2.23. The molecule has 3 aliphatic rings. The molecule has 1 aromatic carbocycles. The number of imide groups is 1. The first kappa shape index (κ1) is 19.3. The van der Waals surface area contributed by atoms with Crippen LogP contribution in [0.3, 0.4) is 0 Å². The van der Waals surface area contributed by atoms with E-state index < -0.39 is 5.25 Å². The summed E-state index contributed by atoms with van der Waals surface area (Å²) in [6.45, 7) is 3.29. The molecule has 3 amide bonds. The third-order valence-corrected chi connectivity index (χ3v) is 6.80. The van der Waals surface area contributed by atoms with Crippen molar-refractivity contribution in [2.24, 2.45) is 0 Å². The van der Waals surface area contributed by atoms with Gasteiger partial charge in [-0.25, -0.2) is 0 Å². The molecule has 4 rings (SSSR count). The number of thioether (sulfide) groups is 1. The summed E-state index contributed by atoms with van der Waals surface area (Å²) in [5.74, 6) is 0.259. The average molecular weight is 404 g/mol. The van der Waals surface area contributed by atoms with E-state index in [-0.39, 0.29) is 35.1 Å². The molecule has 7 nitrogen and oxygen atoms in total. The Bertz CT molecular complexity index is 821. The van der Waals surface area contributed by atoms with Gasteiger partial charge in [-0.05, 0) is 13.0 Å². The van der Waals surface area contributed by atoms with Gasteiger partial charge in [-0.2, -0.15) is 0 Å². The third-order valence-electron chi connectivity index (χ3n) is 5.68. The fourth-order valence-electron chi connectivity index (χ4n) is 4.08. The standard InChI is InChI=1S/C20H24N2O5S/c1-12-3-4-15-13(9-12)14(11-20(27-15)5-7-26-8-6-20)21-17(23)10-16-18(24)22(2)19(25)28-16/h3-4,9,14,16H,5-8,10-11H2,1-2H3,(H,21,23). The zero-order valence-electron chi connectivity index (χ0n) is 16.0. The van der Waals surface area contributed by atoms with Crippen LogP contribution in [0.5, 0.6) is 5.75 Å². The number of amides is 3. The van der Waals surface area contributed by atoms with Gasteiger partial charge in [-0.1, -0.05) is 29.5 Å². The monoisotopic (exact) mass is 404 g/mol. The van der Waals surface area contributed by atoms with Gasteiger partial charge in [0.2, 0.25) is 11.8 Å². The molecule has 0 aromatic heterocycles. The molecule has 1 spiro atoms. The Morgan fingerprint density at radius 1 is 1.32 bits per heavy atom. The van der Waals surface area contributed by atoms with E-state index >= 15 is 0 Å². The zero-order chi connectivity index (χ0) is 19.9. The lowest BCUT2D eigenvalue weighted by Crippen LogP contribution is -2.48. The van der Waals surface area contributed by atoms with Crippen LogP contribution in [-0.2, 0) is 14.3 Å². The zero-order valence-corrected chi connectivity index (χ0v) is 16.8. The van der Waals surface area contributed by atoms with Crippen molar-refractivity contribution >= 4 is 28.8 Å². The van der Waals surface area contributed by atoms with Crippen molar-refractivity contribution in [3.63, 3.8) is 0 Å². The van der Waals surface area contributed by atoms with E-state index in [0.29, 0.717) is 19.6 Å². The first-order chi connectivity index (χ1) is 13.4. The van der Waals surface area contributed by atoms with Crippen LogP contribution in [0.4, 0.5) is 4.79 Å². The Labute approximate surface area is 168 Å². The van der Waals surface area contributed by atoms with Gasteiger partial charge in [-0.3, -0.25) is 19.3 Å². The second-order valence-electron chi connectivity index (χ2n) is 7.74. The van der Waals surface area contributed by atoms with Crippen LogP contribution in [0.1, 0.15) is 42.9 Å². The smallest absolute Gasteiger partial charge is 0.288 e. The molecule has 2 atom stereocenters. The Morgan fingerprint density at radius 3 is 2.75 bits per heavy atom. The molecular formula is C20H24N2O5S. The first-order valence-electron chi connectivity index (χ1n) is 9.52. The number of hydrogen-bond acceptors (Lipinski definition) is 6. The van der Waals surface area contributed by atoms with Crippen LogP contribution in [-0.4, -0.2) is 53.1 Å². The molecule has 2 fully saturated rings. The minimum atomic E-state index is -0.647. The van der Waals surface area contributed by atoms with Gasteiger partial charge in [0.1, 0.15) is 16.6 Å². The molecule has 0 radical (unpaired) electrons. The minimum absolute atomic E-state index is 0.00576. The summed E-state index contributed by atoms with van der Waals surface area (Å²) < 4.78 is 11.9. The Morgan fingerprint density at radius 2 is 2.07 bits per heavy atom. The predicted molar refractivity (Wildman–Crippen MR) is 104 cm³/mol. The van der Waals surface area contributed by atoms with Crippen LogP contribution >= 0.6 is 11.8 Å². The van der Waals surface area contributed by atoms with Gasteiger partial charge in [-0.15, -0.1) is 0 Å². The van der Waals surface area contributed by atoms with Gasteiger partial charge in [0.15, 0.2) is 0 Å². The second kappa shape index (κ2) is 7.40. The van der Waals surface area contributed by atoms with E-state index in [2.05, 4.69) is 5.32 Å². The molecule has 2 saturated heterocycles. The Hall–Kier alpha value is -2.06. The van der Waals surface area contributed by atoms with Crippen LogP contribution < -0.4 is 10.1 Å². The van der Waals surface area contributed by atoms with E-state index in [4.69, 9.17) is 9.47 Å². The average Bonchev–Trinajstić information content (AvgIpc) is 2.90. The van der Waals surface area contributed by atoms with E-state index in [9.17, 15) is 14.4 Å². The van der Waals surface area contributed by atoms with Crippen molar-refractivity contribution in [2.75, 3.05) is 20.3 Å². The summed E-state index contributed by atoms with van der Waals surface area (Å²) in [6, 6.07) is 5.82. The van der Waals surface area contributed by atoms with Crippen molar-refractivity contribution in [3.05, 3.63) is 29.3 Å². The van der Waals surface area contributed by atoms with E-state index in [0.717, 1.165) is 46.4 Å². The number of ether oxygens (including phenoxy) is 2. The maximum Gasteiger partial charge on any atom is 0.288 e. The summed E-state index contributed by atoms with van der Waals surface area (Å²) >= 11 is 0.917. The number of nitrogens with zero attached hydrogens (tertiary/aromatic N) is 1. The van der Waals surface area contributed by atoms with E-state index in [1.165, 1.54) is 7.05 Å². The Balaban J connectivity index is 1.52. The molecule has 150 valence electrons. The minimum Gasteiger partial charge on any atom is -0.487 e. The molecule has 28 heavy (non-hydrogen) atoms. The van der Waals surface area contributed by atoms with Crippen molar-refractivity contribution < 1.29 is 23.9 Å². The largest absolute Gasteiger partial charge is 0.487 e. The quantitative estimate of drug-likeness (QED) is 0.834. The molecule has 0 saturated carbocycles. The third kappa shape index (κ3) is 3.63. The number of nitrogens with one attached hydrogen (secondary N) is 1. The van der Waals surface area contributed by atoms with E-state index in [1.807, 2.05) is 25.1 Å². The van der Waals surface area contributed by atoms with Crippen molar-refractivity contribution in [2.45, 2.75) is 49.5 Å². The number of carbonyl (C=O) groups is 3. The highest BCUT2D eigenvalue weighted by molar-refractivity contribution is 8.15. The molecule has 0 bridgehead atoms. The molecule has 2 unspecified atom stereocenters. The SMILES string of the molecule is Cc1ccc2c(c1)C(NC(=O)CC1SC(=O)N(C)C1=O)CC1(CCOCC1)O2. The Kier molecular flexibility index (Phi) is 5.09. The number of rotatable bonds is 3. The normalized spacial score (nSPS) is 26.1. The molecule has 1 aromatic rings. The van der Waals surface area contributed by atoms with Crippen molar-refractivity contribution in [1.82, 2.24) is 10.2 Å². The van der Waals surface area contributed by atoms with Gasteiger partial charge >= 0.3 is 0 Å². The summed E-state index contributed by atoms with van der Waals surface area (Å²) in [5.41, 5.74) is 1.72. The fourth-order valence-corrected chi connectivity index (χ4v) is 5.06. The van der Waals surface area contributed by atoms with Gasteiger partial charge in [0.25, 0.3) is 5.24 Å². The summed E-state index contributed by atoms with van der Waals surface area (Å²) in [4.78, 5) is 37.6. The molecule has 3 heterocycles. The van der Waals surface area contributed by atoms with E-state index in [1.54, 1.807) is 0 Å². The highest BCUT2D eigenvalue weighted by Gasteiger charge is 2.43. The van der Waals surface area contributed by atoms with Gasteiger partial charge in [0, 0.05) is 38.3 Å². The van der Waals surface area contributed by atoms with Crippen LogP contribution in [0, 0.1) is 6.92 Å². The van der Waals surface area contributed by atoms with Crippen LogP contribution in [0.2, 0.25) is 0 Å². The lowest BCUT2D eigenvalue weighted by molar-refractivity contribution is -0.129. The van der Waals surface area contributed by atoms with Gasteiger partial charge in [0.05, 0.1) is 19.3 Å². The van der Waals surface area contributed by atoms with Crippen molar-refractivity contribution in [3.8, 4) is 5.75 Å². The van der Waals surface area contributed by atoms with Crippen molar-refractivity contribution in [1.29, 1.82) is 0 Å².